The highest BCUT2D eigenvalue weighted by molar-refractivity contribution is 6.33. The number of aliphatic carboxylic acids is 1. The van der Waals surface area contributed by atoms with Gasteiger partial charge in [-0.25, -0.2) is 0 Å². The van der Waals surface area contributed by atoms with E-state index in [4.69, 9.17) is 21.2 Å². The molecule has 1 N–H and O–H groups in total. The molecule has 3 aromatic rings. The van der Waals surface area contributed by atoms with Gasteiger partial charge in [0.15, 0.2) is 12.4 Å². The Labute approximate surface area is 194 Å². The number of carboxylic acids is 1. The van der Waals surface area contributed by atoms with Crippen LogP contribution in [0.1, 0.15) is 0 Å². The number of aromatic nitrogens is 5. The predicted octanol–water partition coefficient (Wildman–Crippen LogP) is 2.54. The van der Waals surface area contributed by atoms with Crippen LogP contribution in [0.25, 0.3) is 11.6 Å². The molecule has 0 bridgehead atoms. The smallest absolute Gasteiger partial charge is 0.480 e. The number of ether oxygens (including phenoxy) is 1. The van der Waals surface area contributed by atoms with Crippen molar-refractivity contribution >= 4 is 29.1 Å². The van der Waals surface area contributed by atoms with Crippen LogP contribution in [-0.4, -0.2) is 69.0 Å². The lowest BCUT2D eigenvalue weighted by atomic mass is 10.0. The van der Waals surface area contributed by atoms with Gasteiger partial charge in [0.1, 0.15) is 5.75 Å². The first-order valence-electron chi connectivity index (χ1n) is 10.2. The summed E-state index contributed by atoms with van der Waals surface area (Å²) in [5.41, 5.74) is 0.503. The second kappa shape index (κ2) is 8.34. The molecule has 15 heteroatoms. The van der Waals surface area contributed by atoms with Gasteiger partial charge in [-0.1, -0.05) is 16.8 Å². The number of hydrogen-bond acceptors (Lipinski definition) is 9. The normalized spacial score (nSPS) is 20.1. The highest BCUT2D eigenvalue weighted by Gasteiger charge is 2.41. The van der Waals surface area contributed by atoms with Crippen molar-refractivity contribution in [3.8, 4) is 17.3 Å². The molecule has 34 heavy (non-hydrogen) atoms. The molecular formula is C19H17ClF3N7O4. The van der Waals surface area contributed by atoms with Crippen molar-refractivity contribution in [2.24, 2.45) is 11.8 Å². The van der Waals surface area contributed by atoms with E-state index >= 15 is 0 Å². The minimum Gasteiger partial charge on any atom is -0.480 e. The van der Waals surface area contributed by atoms with Crippen LogP contribution in [-0.2, 0) is 11.3 Å². The maximum Gasteiger partial charge on any atom is 0.573 e. The molecule has 180 valence electrons. The van der Waals surface area contributed by atoms with Gasteiger partial charge in [-0.2, -0.15) is 4.80 Å². The number of carbonyl (C=O) groups is 1. The Morgan fingerprint density at radius 3 is 2.56 bits per heavy atom. The second-order valence-corrected chi connectivity index (χ2v) is 8.48. The molecule has 1 aromatic carbocycles. The van der Waals surface area contributed by atoms with Gasteiger partial charge in [-0.15, -0.1) is 23.4 Å². The van der Waals surface area contributed by atoms with E-state index in [1.165, 1.54) is 18.2 Å². The lowest BCUT2D eigenvalue weighted by Gasteiger charge is -2.24. The van der Waals surface area contributed by atoms with Gasteiger partial charge in [0.2, 0.25) is 11.6 Å². The third kappa shape index (κ3) is 4.58. The second-order valence-electron chi connectivity index (χ2n) is 8.08. The van der Waals surface area contributed by atoms with Crippen molar-refractivity contribution in [2.45, 2.75) is 12.9 Å². The number of hydrogen-bond donors (Lipinski definition) is 1. The third-order valence-corrected chi connectivity index (χ3v) is 6.07. The number of rotatable bonds is 6. The van der Waals surface area contributed by atoms with E-state index in [0.717, 1.165) is 4.80 Å². The van der Waals surface area contributed by atoms with Gasteiger partial charge >= 0.3 is 12.3 Å². The van der Waals surface area contributed by atoms with Crippen molar-refractivity contribution in [3.63, 3.8) is 0 Å². The average molecular weight is 500 g/mol. The third-order valence-electron chi connectivity index (χ3n) is 5.75. The van der Waals surface area contributed by atoms with Crippen LogP contribution in [0.3, 0.4) is 0 Å². The van der Waals surface area contributed by atoms with Crippen LogP contribution < -0.4 is 14.5 Å². The number of carboxylic acid groups (broad SMARTS) is 1. The van der Waals surface area contributed by atoms with Crippen LogP contribution in [0.15, 0.2) is 28.8 Å². The van der Waals surface area contributed by atoms with Crippen molar-refractivity contribution in [3.05, 3.63) is 29.3 Å². The molecule has 0 amide bonds. The van der Waals surface area contributed by atoms with Crippen molar-refractivity contribution in [1.29, 1.82) is 0 Å². The molecule has 0 spiro atoms. The summed E-state index contributed by atoms with van der Waals surface area (Å²) < 4.78 is 47.1. The standard InChI is InChI=1S/C19H17ClF3N7O4/c20-13-2-1-12(33-19(21,22)23)3-14(13)28-5-10-7-29(8-11(10)6-28)16-4-15(34-26-16)18-24-27-30(25-18)9-17(31)32/h1-4,10-11H,5-9H2,(H,31,32). The molecule has 0 saturated carbocycles. The first kappa shape index (κ1) is 22.3. The molecule has 2 aliphatic rings. The zero-order chi connectivity index (χ0) is 24.0. The topological polar surface area (TPSA) is 123 Å². The lowest BCUT2D eigenvalue weighted by molar-refractivity contribution is -0.274. The van der Waals surface area contributed by atoms with Crippen LogP contribution in [0.4, 0.5) is 24.7 Å². The molecule has 2 saturated heterocycles. The summed E-state index contributed by atoms with van der Waals surface area (Å²) in [6.07, 6.45) is -4.77. The minimum absolute atomic E-state index is 0.126. The van der Waals surface area contributed by atoms with Crippen molar-refractivity contribution in [1.82, 2.24) is 25.4 Å². The molecule has 2 aliphatic heterocycles. The Bertz CT molecular complexity index is 1200. The van der Waals surface area contributed by atoms with Gasteiger partial charge in [0, 0.05) is 50.1 Å². The summed E-state index contributed by atoms with van der Waals surface area (Å²) >= 11 is 6.26. The number of anilines is 2. The molecule has 0 aliphatic carbocycles. The van der Waals surface area contributed by atoms with Crippen molar-refractivity contribution < 1.29 is 32.3 Å². The molecule has 0 radical (unpaired) electrons. The van der Waals surface area contributed by atoms with Gasteiger partial charge in [0.05, 0.1) is 10.7 Å². The van der Waals surface area contributed by atoms with Crippen LogP contribution >= 0.6 is 11.6 Å². The summed E-state index contributed by atoms with van der Waals surface area (Å²) in [6, 6.07) is 5.56. The van der Waals surface area contributed by atoms with E-state index in [-0.39, 0.29) is 29.2 Å². The fraction of sp³-hybridized carbons (Fsp3) is 0.421. The molecule has 2 aromatic heterocycles. The summed E-state index contributed by atoms with van der Waals surface area (Å²) in [4.78, 5) is 15.7. The average Bonchev–Trinajstić information content (AvgIpc) is 3.50. The SMILES string of the molecule is O=C(O)Cn1nnc(-c2cc(N3CC4CN(c5cc(OC(F)(F)F)ccc5Cl)CC4C3)no2)n1. The Balaban J connectivity index is 1.24. The molecular weight excluding hydrogens is 483 g/mol. The Kier molecular flexibility index (Phi) is 5.46. The molecule has 2 atom stereocenters. The highest BCUT2D eigenvalue weighted by Crippen LogP contribution is 2.40. The van der Waals surface area contributed by atoms with Crippen LogP contribution in [0.5, 0.6) is 5.75 Å². The Morgan fingerprint density at radius 1 is 1.18 bits per heavy atom. The van der Waals surface area contributed by atoms with E-state index in [0.29, 0.717) is 42.7 Å². The highest BCUT2D eigenvalue weighted by atomic mass is 35.5. The molecule has 2 fully saturated rings. The van der Waals surface area contributed by atoms with Gasteiger partial charge in [-0.05, 0) is 17.3 Å². The maximum absolute atomic E-state index is 12.6. The Hall–Kier alpha value is -3.55. The van der Waals surface area contributed by atoms with Gasteiger partial charge in [-0.3, -0.25) is 4.79 Å². The first-order chi connectivity index (χ1) is 16.1. The monoisotopic (exact) mass is 499 g/mol. The van der Waals surface area contributed by atoms with E-state index < -0.39 is 18.9 Å². The molecule has 4 heterocycles. The number of benzene rings is 1. The molecule has 5 rings (SSSR count). The molecule has 2 unspecified atom stereocenters. The fourth-order valence-electron chi connectivity index (χ4n) is 4.36. The first-order valence-corrected chi connectivity index (χ1v) is 10.5. The minimum atomic E-state index is -4.77. The van der Waals surface area contributed by atoms with E-state index in [1.807, 2.05) is 9.80 Å². The Morgan fingerprint density at radius 2 is 1.88 bits per heavy atom. The van der Waals surface area contributed by atoms with E-state index in [1.54, 1.807) is 6.07 Å². The van der Waals surface area contributed by atoms with Gasteiger partial charge < -0.3 is 24.2 Å². The predicted molar refractivity (Wildman–Crippen MR) is 110 cm³/mol. The largest absolute Gasteiger partial charge is 0.573 e. The maximum atomic E-state index is 12.6. The van der Waals surface area contributed by atoms with Crippen LogP contribution in [0, 0.1) is 11.8 Å². The zero-order valence-electron chi connectivity index (χ0n) is 17.3. The van der Waals surface area contributed by atoms with Crippen molar-refractivity contribution in [2.75, 3.05) is 36.0 Å². The lowest BCUT2D eigenvalue weighted by Crippen LogP contribution is -2.29. The number of tetrazole rings is 1. The summed E-state index contributed by atoms with van der Waals surface area (Å²) in [5.74, 6) is 0.0650. The number of nitrogens with zero attached hydrogens (tertiary/aromatic N) is 7. The van der Waals surface area contributed by atoms with Gasteiger partial charge in [0.25, 0.3) is 0 Å². The number of halogens is 4. The summed E-state index contributed by atoms with van der Waals surface area (Å²) in [7, 11) is 0. The number of fused-ring (bicyclic) bond motifs is 1. The fourth-order valence-corrected chi connectivity index (χ4v) is 4.60. The van der Waals surface area contributed by atoms with E-state index in [9.17, 15) is 18.0 Å². The summed E-state index contributed by atoms with van der Waals surface area (Å²) in [6.45, 7) is 2.15. The van der Waals surface area contributed by atoms with Crippen LogP contribution in [0.2, 0.25) is 5.02 Å². The number of alkyl halides is 3. The zero-order valence-corrected chi connectivity index (χ0v) is 18.1. The van der Waals surface area contributed by atoms with E-state index in [2.05, 4.69) is 25.3 Å². The summed E-state index contributed by atoms with van der Waals surface area (Å²) in [5, 5.41) is 24.6. The quantitative estimate of drug-likeness (QED) is 0.541. The molecule has 11 nitrogen and oxygen atoms in total.